The molecule has 0 aliphatic carbocycles. The molecule has 9 heteroatoms. The lowest BCUT2D eigenvalue weighted by Crippen LogP contribution is -1.81. The number of aliphatic carboxylic acids is 1. The van der Waals surface area contributed by atoms with Crippen LogP contribution in [0, 0.1) is 0 Å². The van der Waals surface area contributed by atoms with Gasteiger partial charge in [-0.2, -0.15) is 0 Å². The molecule has 96 valence electrons. The summed E-state index contributed by atoms with van der Waals surface area (Å²) in [7, 11) is 0. The molecule has 0 radical (unpaired) electrons. The summed E-state index contributed by atoms with van der Waals surface area (Å²) in [5.41, 5.74) is 0. The third-order valence-electron chi connectivity index (χ3n) is 0. The van der Waals surface area contributed by atoms with Crippen molar-refractivity contribution in [3.05, 3.63) is 0 Å². The Morgan fingerprint density at radius 3 is 0.625 bits per heavy atom. The predicted molar refractivity (Wildman–Crippen MR) is 51.0 cm³/mol. The van der Waals surface area contributed by atoms with Crippen molar-refractivity contribution in [2.24, 2.45) is 0 Å². The number of carbonyl (C=O) groups is 4. The highest BCUT2D eigenvalue weighted by molar-refractivity contribution is 5.72. The fraction of sp³-hybridized carbons (Fsp3) is 0.429. The standard InChI is InChI=1S/C3H6O.C2H4O2.2CH2O3/c1-3(2)4;1-2(3)4;2*2-1(3)4/h1-2H3;1H3,(H,3,4);2*(H2,2,3,4). The van der Waals surface area contributed by atoms with Crippen LogP contribution in [0.1, 0.15) is 20.8 Å². The van der Waals surface area contributed by atoms with Crippen molar-refractivity contribution in [3.8, 4) is 0 Å². The monoisotopic (exact) mass is 242 g/mol. The largest absolute Gasteiger partial charge is 0.503 e. The van der Waals surface area contributed by atoms with Crippen molar-refractivity contribution < 1.29 is 44.7 Å². The van der Waals surface area contributed by atoms with Gasteiger partial charge >= 0.3 is 12.3 Å². The van der Waals surface area contributed by atoms with Crippen LogP contribution in [0.15, 0.2) is 0 Å². The Morgan fingerprint density at radius 2 is 0.625 bits per heavy atom. The molecule has 0 aliphatic rings. The Morgan fingerprint density at radius 1 is 0.625 bits per heavy atom. The van der Waals surface area contributed by atoms with Gasteiger partial charge in [-0.1, -0.05) is 0 Å². The van der Waals surface area contributed by atoms with E-state index in [1.54, 1.807) is 0 Å². The number of carbonyl (C=O) groups excluding carboxylic acids is 1. The summed E-state index contributed by atoms with van der Waals surface area (Å²) < 4.78 is 0. The number of carboxylic acid groups (broad SMARTS) is 5. The van der Waals surface area contributed by atoms with Crippen LogP contribution < -0.4 is 0 Å². The molecule has 0 bridgehead atoms. The zero-order valence-corrected chi connectivity index (χ0v) is 8.87. The minimum absolute atomic E-state index is 0.167. The van der Waals surface area contributed by atoms with Crippen molar-refractivity contribution in [3.63, 3.8) is 0 Å². The van der Waals surface area contributed by atoms with Crippen LogP contribution in [0.2, 0.25) is 0 Å². The number of hydrogen-bond acceptors (Lipinski definition) is 4. The second-order valence-electron chi connectivity index (χ2n) is 1.99. The maximum atomic E-state index is 9.44. The van der Waals surface area contributed by atoms with E-state index in [1.807, 2.05) is 0 Å². The summed E-state index contributed by atoms with van der Waals surface area (Å²) in [6.07, 6.45) is -3.67. The molecule has 0 rings (SSSR count). The van der Waals surface area contributed by atoms with Gasteiger partial charge < -0.3 is 30.3 Å². The summed E-state index contributed by atoms with van der Waals surface area (Å²) in [6, 6.07) is 0. The number of ketones is 1. The van der Waals surface area contributed by atoms with Gasteiger partial charge in [0.05, 0.1) is 0 Å². The molecule has 0 heterocycles. The smallest absolute Gasteiger partial charge is 0.481 e. The van der Waals surface area contributed by atoms with E-state index in [0.717, 1.165) is 6.92 Å². The van der Waals surface area contributed by atoms with Crippen LogP contribution >= 0.6 is 0 Å². The van der Waals surface area contributed by atoms with Gasteiger partial charge in [-0.25, -0.2) is 9.59 Å². The molecule has 0 unspecified atom stereocenters. The molecule has 0 fully saturated rings. The Balaban J connectivity index is -0.0000000600. The van der Waals surface area contributed by atoms with Crippen LogP contribution in [0.25, 0.3) is 0 Å². The number of hydrogen-bond donors (Lipinski definition) is 5. The maximum absolute atomic E-state index is 9.44. The highest BCUT2D eigenvalue weighted by Crippen LogP contribution is 1.50. The molecule has 5 N–H and O–H groups in total. The summed E-state index contributed by atoms with van der Waals surface area (Å²) >= 11 is 0. The van der Waals surface area contributed by atoms with Crippen molar-refractivity contribution in [2.45, 2.75) is 20.8 Å². The molecule has 9 nitrogen and oxygen atoms in total. The van der Waals surface area contributed by atoms with Gasteiger partial charge in [0.15, 0.2) is 0 Å². The molecule has 0 aromatic rings. The number of rotatable bonds is 0. The van der Waals surface area contributed by atoms with Crippen molar-refractivity contribution >= 4 is 24.1 Å². The van der Waals surface area contributed by atoms with Gasteiger partial charge in [-0.3, -0.25) is 4.79 Å². The zero-order chi connectivity index (χ0) is 14.3. The normalized spacial score (nSPS) is 6.19. The first-order chi connectivity index (χ1) is 6.93. The number of Topliss-reactive ketones (excluding diaryl/α,β-unsaturated/α-hetero) is 1. The van der Waals surface area contributed by atoms with E-state index in [9.17, 15) is 4.79 Å². The second kappa shape index (κ2) is 18.5. The average Bonchev–Trinajstić information content (AvgIpc) is 1.76. The quantitative estimate of drug-likeness (QED) is 0.417. The first-order valence-electron chi connectivity index (χ1n) is 3.43. The van der Waals surface area contributed by atoms with Crippen molar-refractivity contribution in [1.29, 1.82) is 0 Å². The molecular weight excluding hydrogens is 228 g/mol. The molecule has 16 heavy (non-hydrogen) atoms. The molecule has 0 atom stereocenters. The van der Waals surface area contributed by atoms with Crippen LogP contribution in [-0.2, 0) is 9.59 Å². The van der Waals surface area contributed by atoms with Crippen molar-refractivity contribution in [1.82, 2.24) is 0 Å². The molecule has 0 spiro atoms. The summed E-state index contributed by atoms with van der Waals surface area (Å²) in [6.45, 7) is 4.14. The lowest BCUT2D eigenvalue weighted by atomic mass is 10.6. The van der Waals surface area contributed by atoms with E-state index >= 15 is 0 Å². The van der Waals surface area contributed by atoms with Gasteiger partial charge in [0, 0.05) is 6.92 Å². The minimum Gasteiger partial charge on any atom is -0.481 e. The molecule has 0 aromatic carbocycles. The molecule has 0 amide bonds. The molecule has 0 aromatic heterocycles. The Kier molecular flexibility index (Phi) is 27.1. The third-order valence-corrected chi connectivity index (χ3v) is 0. The average molecular weight is 242 g/mol. The van der Waals surface area contributed by atoms with Crippen LogP contribution in [-0.4, -0.2) is 49.6 Å². The maximum Gasteiger partial charge on any atom is 0.503 e. The highest BCUT2D eigenvalue weighted by atomic mass is 16.6. The Labute approximate surface area is 90.6 Å². The first-order valence-corrected chi connectivity index (χ1v) is 3.43. The second-order valence-corrected chi connectivity index (χ2v) is 1.99. The minimum atomic E-state index is -1.83. The molecule has 0 saturated carbocycles. The highest BCUT2D eigenvalue weighted by Gasteiger charge is 1.70. The van der Waals surface area contributed by atoms with E-state index in [4.69, 9.17) is 39.9 Å². The van der Waals surface area contributed by atoms with Crippen LogP contribution in [0.3, 0.4) is 0 Å². The van der Waals surface area contributed by atoms with Gasteiger partial charge in [0.1, 0.15) is 5.78 Å². The first kappa shape index (κ1) is 23.5. The Bertz CT molecular complexity index is 156. The van der Waals surface area contributed by atoms with Gasteiger partial charge in [-0.05, 0) is 13.8 Å². The molecule has 0 saturated heterocycles. The number of carboxylic acids is 1. The molecule has 0 aliphatic heterocycles. The lowest BCUT2D eigenvalue weighted by Gasteiger charge is -1.60. The predicted octanol–water partition coefficient (Wildman–Crippen LogP) is 1.13. The summed E-state index contributed by atoms with van der Waals surface area (Å²) in [4.78, 5) is 35.6. The van der Waals surface area contributed by atoms with E-state index < -0.39 is 18.3 Å². The van der Waals surface area contributed by atoms with E-state index in [-0.39, 0.29) is 5.78 Å². The molecular formula is C7H14O9. The van der Waals surface area contributed by atoms with E-state index in [2.05, 4.69) is 0 Å². The van der Waals surface area contributed by atoms with Gasteiger partial charge in [0.25, 0.3) is 5.97 Å². The summed E-state index contributed by atoms with van der Waals surface area (Å²) in [5.74, 6) is -0.667. The van der Waals surface area contributed by atoms with E-state index in [1.165, 1.54) is 13.8 Å². The zero-order valence-electron chi connectivity index (χ0n) is 8.87. The van der Waals surface area contributed by atoms with Gasteiger partial charge in [0.2, 0.25) is 0 Å². The van der Waals surface area contributed by atoms with Crippen LogP contribution in [0.5, 0.6) is 0 Å². The van der Waals surface area contributed by atoms with E-state index in [0.29, 0.717) is 0 Å². The lowest BCUT2D eigenvalue weighted by molar-refractivity contribution is -0.134. The SMILES string of the molecule is CC(=O)O.CC(C)=O.O=C(O)O.O=C(O)O. The fourth-order valence-electron chi connectivity index (χ4n) is 0. The van der Waals surface area contributed by atoms with Crippen LogP contribution in [0.4, 0.5) is 9.59 Å². The third kappa shape index (κ3) is 248. The fourth-order valence-corrected chi connectivity index (χ4v) is 0. The topological polar surface area (TPSA) is 169 Å². The Hall–Kier alpha value is -2.32. The summed E-state index contributed by atoms with van der Waals surface area (Å²) in [5, 5.41) is 35.3. The van der Waals surface area contributed by atoms with Crippen molar-refractivity contribution in [2.75, 3.05) is 0 Å². The van der Waals surface area contributed by atoms with Gasteiger partial charge in [-0.15, -0.1) is 0 Å².